The smallest absolute Gasteiger partial charge is 0.273 e. The van der Waals surface area contributed by atoms with Crippen LogP contribution in [0.2, 0.25) is 10.0 Å². The molecule has 4 nitrogen and oxygen atoms in total. The third kappa shape index (κ3) is 3.33. The van der Waals surface area contributed by atoms with Crippen molar-refractivity contribution in [3.63, 3.8) is 0 Å². The highest BCUT2D eigenvalue weighted by Crippen LogP contribution is 2.35. The van der Waals surface area contributed by atoms with Crippen molar-refractivity contribution in [1.29, 1.82) is 0 Å². The van der Waals surface area contributed by atoms with Gasteiger partial charge in [0.25, 0.3) is 5.69 Å². The van der Waals surface area contributed by atoms with Gasteiger partial charge in [0.1, 0.15) is 5.75 Å². The van der Waals surface area contributed by atoms with Crippen LogP contribution in [0.4, 0.5) is 5.69 Å². The first-order valence-corrected chi connectivity index (χ1v) is 6.76. The van der Waals surface area contributed by atoms with E-state index in [1.54, 1.807) is 18.2 Å². The molecule has 0 aromatic heterocycles. The molecule has 0 heterocycles. The molecule has 0 aliphatic rings. The van der Waals surface area contributed by atoms with Gasteiger partial charge >= 0.3 is 0 Å². The maximum atomic E-state index is 10.8. The lowest BCUT2D eigenvalue weighted by Gasteiger charge is -2.11. The average molecular weight is 333 g/mol. The Morgan fingerprint density at radius 3 is 2.50 bits per heavy atom. The minimum absolute atomic E-state index is 0.106. The summed E-state index contributed by atoms with van der Waals surface area (Å²) in [6, 6.07) is 8.91. The summed E-state index contributed by atoms with van der Waals surface area (Å²) in [5, 5.41) is 11.5. The molecule has 7 heteroatoms. The van der Waals surface area contributed by atoms with E-state index in [4.69, 9.17) is 39.5 Å². The van der Waals surface area contributed by atoms with Crippen molar-refractivity contribution in [2.45, 2.75) is 5.88 Å². The van der Waals surface area contributed by atoms with Crippen molar-refractivity contribution in [3.8, 4) is 11.5 Å². The fraction of sp³-hybridized carbons (Fsp3) is 0.0769. The van der Waals surface area contributed by atoms with Crippen LogP contribution in [0.15, 0.2) is 36.4 Å². The Bertz CT molecular complexity index is 661. The topological polar surface area (TPSA) is 52.4 Å². The zero-order valence-corrected chi connectivity index (χ0v) is 12.2. The normalized spacial score (nSPS) is 10.3. The lowest BCUT2D eigenvalue weighted by Crippen LogP contribution is -1.93. The SMILES string of the molecule is O=[N+]([O-])c1ccc(Cl)c(Oc2ccc(Cl)cc2CCl)c1. The Kier molecular flexibility index (Phi) is 4.70. The highest BCUT2D eigenvalue weighted by Gasteiger charge is 2.13. The number of halogens is 3. The summed E-state index contributed by atoms with van der Waals surface area (Å²) in [6.07, 6.45) is 0. The van der Waals surface area contributed by atoms with Gasteiger partial charge in [-0.2, -0.15) is 0 Å². The van der Waals surface area contributed by atoms with E-state index < -0.39 is 4.92 Å². The van der Waals surface area contributed by atoms with Gasteiger partial charge in [0.2, 0.25) is 0 Å². The molecule has 0 atom stereocenters. The van der Waals surface area contributed by atoms with E-state index in [9.17, 15) is 10.1 Å². The van der Waals surface area contributed by atoms with Crippen LogP contribution >= 0.6 is 34.8 Å². The van der Waals surface area contributed by atoms with Crippen LogP contribution in [-0.4, -0.2) is 4.92 Å². The number of hydrogen-bond donors (Lipinski definition) is 0. The number of non-ortho nitro benzene ring substituents is 1. The lowest BCUT2D eigenvalue weighted by molar-refractivity contribution is -0.384. The molecule has 0 aliphatic heterocycles. The molecule has 0 aliphatic carbocycles. The summed E-state index contributed by atoms with van der Waals surface area (Å²) in [7, 11) is 0. The zero-order valence-electron chi connectivity index (χ0n) is 9.98. The van der Waals surface area contributed by atoms with Gasteiger partial charge in [-0.15, -0.1) is 11.6 Å². The molecule has 0 fully saturated rings. The largest absolute Gasteiger partial charge is 0.455 e. The predicted molar refractivity (Wildman–Crippen MR) is 79.2 cm³/mol. The Balaban J connectivity index is 2.39. The molecular weight excluding hydrogens is 325 g/mol. The quantitative estimate of drug-likeness (QED) is 0.426. The molecule has 104 valence electrons. The minimum atomic E-state index is -0.520. The summed E-state index contributed by atoms with van der Waals surface area (Å²) in [5.74, 6) is 0.837. The van der Waals surface area contributed by atoms with Gasteiger partial charge in [-0.3, -0.25) is 10.1 Å². The van der Waals surface area contributed by atoms with Gasteiger partial charge in [0.15, 0.2) is 5.75 Å². The summed E-state index contributed by atoms with van der Waals surface area (Å²) >= 11 is 17.6. The van der Waals surface area contributed by atoms with Crippen LogP contribution in [0.5, 0.6) is 11.5 Å². The Morgan fingerprint density at radius 1 is 1.10 bits per heavy atom. The highest BCUT2D eigenvalue weighted by atomic mass is 35.5. The second kappa shape index (κ2) is 6.31. The molecule has 2 rings (SSSR count). The van der Waals surface area contributed by atoms with Gasteiger partial charge < -0.3 is 4.74 Å². The van der Waals surface area contributed by atoms with E-state index in [0.29, 0.717) is 16.3 Å². The Hall–Kier alpha value is -1.49. The van der Waals surface area contributed by atoms with Crippen molar-refractivity contribution in [3.05, 3.63) is 62.1 Å². The van der Waals surface area contributed by atoms with Gasteiger partial charge in [-0.25, -0.2) is 0 Å². The second-order valence-corrected chi connectivity index (χ2v) is 4.97. The number of nitro groups is 1. The second-order valence-electron chi connectivity index (χ2n) is 3.86. The fourth-order valence-corrected chi connectivity index (χ4v) is 2.11. The summed E-state index contributed by atoms with van der Waals surface area (Å²) in [6.45, 7) is 0. The molecule has 0 spiro atoms. The van der Waals surface area contributed by atoms with Crippen molar-refractivity contribution in [1.82, 2.24) is 0 Å². The summed E-state index contributed by atoms with van der Waals surface area (Å²) in [4.78, 5) is 10.2. The fourth-order valence-electron chi connectivity index (χ4n) is 1.55. The van der Waals surface area contributed by atoms with Crippen molar-refractivity contribution in [2.24, 2.45) is 0 Å². The number of ether oxygens (including phenoxy) is 1. The molecule has 0 bridgehead atoms. The molecule has 0 radical (unpaired) electrons. The zero-order chi connectivity index (χ0) is 14.7. The Labute approximate surface area is 130 Å². The first kappa shape index (κ1) is 14.9. The third-order valence-electron chi connectivity index (χ3n) is 2.51. The Morgan fingerprint density at radius 2 is 1.85 bits per heavy atom. The van der Waals surface area contributed by atoms with Crippen molar-refractivity contribution in [2.75, 3.05) is 0 Å². The molecule has 0 N–H and O–H groups in total. The van der Waals surface area contributed by atoms with E-state index in [0.717, 1.165) is 0 Å². The molecule has 0 saturated carbocycles. The van der Waals surface area contributed by atoms with E-state index in [-0.39, 0.29) is 22.3 Å². The maximum Gasteiger partial charge on any atom is 0.273 e. The van der Waals surface area contributed by atoms with Gasteiger partial charge in [0.05, 0.1) is 21.9 Å². The van der Waals surface area contributed by atoms with Crippen molar-refractivity contribution < 1.29 is 9.66 Å². The van der Waals surface area contributed by atoms with E-state index >= 15 is 0 Å². The van der Waals surface area contributed by atoms with Crippen LogP contribution in [0.25, 0.3) is 0 Å². The first-order valence-electron chi connectivity index (χ1n) is 5.47. The number of rotatable bonds is 4. The standard InChI is InChI=1S/C13H8Cl3NO3/c14-7-8-5-9(15)1-4-12(8)20-13-6-10(17(18)19)2-3-11(13)16/h1-6H,7H2. The van der Waals surface area contributed by atoms with Crippen LogP contribution in [0.3, 0.4) is 0 Å². The molecule has 2 aromatic rings. The van der Waals surface area contributed by atoms with Crippen LogP contribution in [0, 0.1) is 10.1 Å². The van der Waals surface area contributed by atoms with E-state index in [2.05, 4.69) is 0 Å². The van der Waals surface area contributed by atoms with Crippen molar-refractivity contribution >= 4 is 40.5 Å². The van der Waals surface area contributed by atoms with Gasteiger partial charge in [-0.1, -0.05) is 23.2 Å². The monoisotopic (exact) mass is 331 g/mol. The minimum Gasteiger partial charge on any atom is -0.455 e. The summed E-state index contributed by atoms with van der Waals surface area (Å²) in [5.41, 5.74) is 0.563. The maximum absolute atomic E-state index is 10.8. The van der Waals surface area contributed by atoms with E-state index in [1.807, 2.05) is 0 Å². The number of alkyl halides is 1. The molecule has 2 aromatic carbocycles. The first-order chi connectivity index (χ1) is 9.51. The lowest BCUT2D eigenvalue weighted by atomic mass is 10.2. The van der Waals surface area contributed by atoms with Crippen LogP contribution < -0.4 is 4.74 Å². The third-order valence-corrected chi connectivity index (χ3v) is 3.35. The predicted octanol–water partition coefficient (Wildman–Crippen LogP) is 5.43. The van der Waals surface area contributed by atoms with Gasteiger partial charge in [-0.05, 0) is 24.3 Å². The molecular formula is C13H8Cl3NO3. The number of benzene rings is 2. The van der Waals surface area contributed by atoms with E-state index in [1.165, 1.54) is 18.2 Å². The number of nitro benzene ring substituents is 1. The molecule has 0 saturated heterocycles. The number of nitrogens with zero attached hydrogens (tertiary/aromatic N) is 1. The molecule has 0 unspecified atom stereocenters. The molecule has 20 heavy (non-hydrogen) atoms. The van der Waals surface area contributed by atoms with Crippen LogP contribution in [0.1, 0.15) is 5.56 Å². The highest BCUT2D eigenvalue weighted by molar-refractivity contribution is 6.32. The average Bonchev–Trinajstić information content (AvgIpc) is 2.42. The van der Waals surface area contributed by atoms with Crippen LogP contribution in [-0.2, 0) is 5.88 Å². The number of hydrogen-bond acceptors (Lipinski definition) is 3. The summed E-state index contributed by atoms with van der Waals surface area (Å²) < 4.78 is 5.60. The van der Waals surface area contributed by atoms with Gasteiger partial charge in [0, 0.05) is 16.7 Å². The molecule has 0 amide bonds.